The summed E-state index contributed by atoms with van der Waals surface area (Å²) in [5.41, 5.74) is 0. The number of aliphatic hydroxyl groups is 1. The average molecular weight is 397 g/mol. The minimum atomic E-state index is -0.306. The number of hydrogen-bond acceptors (Lipinski definition) is 3. The fourth-order valence-corrected chi connectivity index (χ4v) is 4.36. The molecule has 0 amide bonds. The van der Waals surface area contributed by atoms with E-state index in [0.717, 1.165) is 25.7 Å². The molecule has 1 aliphatic heterocycles. The van der Waals surface area contributed by atoms with E-state index in [-0.39, 0.29) is 24.1 Å². The van der Waals surface area contributed by atoms with Crippen LogP contribution in [-0.2, 0) is 9.53 Å². The summed E-state index contributed by atoms with van der Waals surface area (Å²) < 4.78 is 5.20. The monoisotopic (exact) mass is 396 g/mol. The topological polar surface area (TPSA) is 46.5 Å². The molecule has 1 aliphatic rings. The first-order chi connectivity index (χ1) is 13.7. The quantitative estimate of drug-likeness (QED) is 0.173. The van der Waals surface area contributed by atoms with E-state index in [4.69, 9.17) is 4.74 Å². The van der Waals surface area contributed by atoms with Gasteiger partial charge >= 0.3 is 5.97 Å². The van der Waals surface area contributed by atoms with Crippen LogP contribution >= 0.6 is 0 Å². The van der Waals surface area contributed by atoms with Gasteiger partial charge in [0.05, 0.1) is 12.0 Å². The molecule has 1 rings (SSSR count). The average Bonchev–Trinajstić information content (AvgIpc) is 2.68. The summed E-state index contributed by atoms with van der Waals surface area (Å²) in [6.45, 7) is 4.37. The van der Waals surface area contributed by atoms with E-state index in [1.54, 1.807) is 0 Å². The van der Waals surface area contributed by atoms with Crippen LogP contribution in [-0.4, -0.2) is 23.3 Å². The second-order valence-electron chi connectivity index (χ2n) is 9.00. The summed E-state index contributed by atoms with van der Waals surface area (Å²) in [6.07, 6.45) is 23.5. The zero-order valence-electron chi connectivity index (χ0n) is 18.9. The molecule has 0 unspecified atom stereocenters. The van der Waals surface area contributed by atoms with Crippen molar-refractivity contribution >= 4 is 5.97 Å². The molecule has 0 aromatic rings. The molecule has 0 aromatic heterocycles. The predicted octanol–water partition coefficient (Wildman–Crippen LogP) is 7.34. The van der Waals surface area contributed by atoms with Crippen molar-refractivity contribution in [3.63, 3.8) is 0 Å². The van der Waals surface area contributed by atoms with Crippen LogP contribution in [0.2, 0.25) is 0 Å². The Morgan fingerprint density at radius 1 is 0.750 bits per heavy atom. The molecule has 28 heavy (non-hydrogen) atoms. The molecule has 3 heteroatoms. The Hall–Kier alpha value is -0.570. The van der Waals surface area contributed by atoms with Gasteiger partial charge in [-0.3, -0.25) is 4.79 Å². The zero-order valence-corrected chi connectivity index (χ0v) is 18.9. The van der Waals surface area contributed by atoms with Gasteiger partial charge in [-0.25, -0.2) is 0 Å². The summed E-state index contributed by atoms with van der Waals surface area (Å²) in [5, 5.41) is 10.2. The number of unbranched alkanes of at least 4 members (excludes halogenated alkanes) is 14. The van der Waals surface area contributed by atoms with Crippen molar-refractivity contribution < 1.29 is 14.6 Å². The highest BCUT2D eigenvalue weighted by atomic mass is 16.6. The Balaban J connectivity index is 1.80. The second-order valence-corrected chi connectivity index (χ2v) is 9.00. The van der Waals surface area contributed by atoms with Gasteiger partial charge in [0.25, 0.3) is 0 Å². The highest BCUT2D eigenvalue weighted by molar-refractivity contribution is 5.78. The molecular formula is C25H48O3. The highest BCUT2D eigenvalue weighted by Crippen LogP contribution is 2.30. The van der Waals surface area contributed by atoms with Gasteiger partial charge < -0.3 is 9.84 Å². The number of aliphatic hydroxyl groups excluding tert-OH is 1. The molecular weight excluding hydrogens is 348 g/mol. The summed E-state index contributed by atoms with van der Waals surface area (Å²) in [6, 6.07) is 0. The largest absolute Gasteiger partial charge is 0.461 e. The Labute approximate surface area is 175 Å². The van der Waals surface area contributed by atoms with E-state index < -0.39 is 0 Å². The maximum Gasteiger partial charge on any atom is 0.313 e. The molecule has 1 fully saturated rings. The first kappa shape index (κ1) is 25.5. The lowest BCUT2D eigenvalue weighted by atomic mass is 9.87. The molecule has 1 heterocycles. The predicted molar refractivity (Wildman–Crippen MR) is 118 cm³/mol. The lowest BCUT2D eigenvalue weighted by molar-refractivity contribution is -0.188. The smallest absolute Gasteiger partial charge is 0.313 e. The molecule has 0 bridgehead atoms. The first-order valence-electron chi connectivity index (χ1n) is 12.6. The van der Waals surface area contributed by atoms with E-state index in [1.807, 2.05) is 0 Å². The number of cyclic esters (lactones) is 1. The molecule has 0 aromatic carbocycles. The van der Waals surface area contributed by atoms with Crippen molar-refractivity contribution in [3.05, 3.63) is 0 Å². The zero-order chi connectivity index (χ0) is 20.5. The lowest BCUT2D eigenvalue weighted by Crippen LogP contribution is -2.46. The van der Waals surface area contributed by atoms with Crippen molar-refractivity contribution in [1.82, 2.24) is 0 Å². The van der Waals surface area contributed by atoms with Crippen molar-refractivity contribution in [2.24, 2.45) is 5.92 Å². The van der Waals surface area contributed by atoms with Crippen LogP contribution in [0.3, 0.4) is 0 Å². The van der Waals surface area contributed by atoms with E-state index in [2.05, 4.69) is 13.8 Å². The maximum absolute atomic E-state index is 11.4. The van der Waals surface area contributed by atoms with Gasteiger partial charge in [-0.05, 0) is 12.8 Å². The SMILES string of the molecule is CCCCCCCCCCCCCCCCC[C@H](O)C[C@H]1OC(=O)[C@@H]1CCC. The fraction of sp³-hybridized carbons (Fsp3) is 0.960. The first-order valence-corrected chi connectivity index (χ1v) is 12.6. The Kier molecular flexibility index (Phi) is 15.7. The number of esters is 1. The van der Waals surface area contributed by atoms with Gasteiger partial charge in [0.15, 0.2) is 0 Å². The Bertz CT molecular complexity index is 369. The van der Waals surface area contributed by atoms with Crippen LogP contribution in [0.4, 0.5) is 0 Å². The van der Waals surface area contributed by atoms with Gasteiger partial charge in [0.1, 0.15) is 6.10 Å². The third-order valence-electron chi connectivity index (χ3n) is 6.26. The number of carbonyl (C=O) groups excluding carboxylic acids is 1. The van der Waals surface area contributed by atoms with Crippen LogP contribution < -0.4 is 0 Å². The molecule has 1 N–H and O–H groups in total. The molecule has 0 saturated carbocycles. The summed E-state index contributed by atoms with van der Waals surface area (Å²) >= 11 is 0. The van der Waals surface area contributed by atoms with Crippen LogP contribution in [0.1, 0.15) is 136 Å². The minimum Gasteiger partial charge on any atom is -0.461 e. The normalized spacial score (nSPS) is 20.0. The third kappa shape index (κ3) is 12.1. The van der Waals surface area contributed by atoms with Crippen LogP contribution in [0.15, 0.2) is 0 Å². The highest BCUT2D eigenvalue weighted by Gasteiger charge is 2.42. The fourth-order valence-electron chi connectivity index (χ4n) is 4.36. The standard InChI is InChI=1S/C25H48O3/c1-3-5-6-7-8-9-10-11-12-13-14-15-16-17-18-20-22(26)21-24-23(19-4-2)25(27)28-24/h22-24,26H,3-21H2,1-2H3/t22-,23+,24+/m0/s1. The molecule has 166 valence electrons. The van der Waals surface area contributed by atoms with E-state index in [0.29, 0.717) is 6.42 Å². The van der Waals surface area contributed by atoms with Gasteiger partial charge in [-0.15, -0.1) is 0 Å². The molecule has 1 saturated heterocycles. The lowest BCUT2D eigenvalue weighted by Gasteiger charge is -2.36. The second kappa shape index (κ2) is 17.3. The molecule has 0 radical (unpaired) electrons. The number of hydrogen-bond donors (Lipinski definition) is 1. The Morgan fingerprint density at radius 2 is 1.21 bits per heavy atom. The van der Waals surface area contributed by atoms with Gasteiger partial charge in [-0.2, -0.15) is 0 Å². The molecule has 0 spiro atoms. The number of ether oxygens (including phenoxy) is 1. The molecule has 3 atom stereocenters. The van der Waals surface area contributed by atoms with Crippen molar-refractivity contribution in [2.45, 2.75) is 148 Å². The van der Waals surface area contributed by atoms with Crippen molar-refractivity contribution in [3.8, 4) is 0 Å². The van der Waals surface area contributed by atoms with Gasteiger partial charge in [0, 0.05) is 6.42 Å². The van der Waals surface area contributed by atoms with Gasteiger partial charge in [-0.1, -0.05) is 117 Å². The van der Waals surface area contributed by atoms with Crippen LogP contribution in [0.25, 0.3) is 0 Å². The van der Waals surface area contributed by atoms with Crippen LogP contribution in [0.5, 0.6) is 0 Å². The van der Waals surface area contributed by atoms with Crippen LogP contribution in [0, 0.1) is 5.92 Å². The van der Waals surface area contributed by atoms with Crippen molar-refractivity contribution in [1.29, 1.82) is 0 Å². The Morgan fingerprint density at radius 3 is 1.64 bits per heavy atom. The summed E-state index contributed by atoms with van der Waals surface area (Å²) in [7, 11) is 0. The van der Waals surface area contributed by atoms with Gasteiger partial charge in [0.2, 0.25) is 0 Å². The maximum atomic E-state index is 11.4. The van der Waals surface area contributed by atoms with Crippen molar-refractivity contribution in [2.75, 3.05) is 0 Å². The minimum absolute atomic E-state index is 0.0289. The van der Waals surface area contributed by atoms with E-state index in [9.17, 15) is 9.90 Å². The van der Waals surface area contributed by atoms with E-state index in [1.165, 1.54) is 89.9 Å². The molecule has 0 aliphatic carbocycles. The number of carbonyl (C=O) groups is 1. The summed E-state index contributed by atoms with van der Waals surface area (Å²) in [5.74, 6) is -0.0215. The third-order valence-corrected chi connectivity index (χ3v) is 6.26. The van der Waals surface area contributed by atoms with E-state index >= 15 is 0 Å². The number of rotatable bonds is 20. The molecule has 3 nitrogen and oxygen atoms in total. The summed E-state index contributed by atoms with van der Waals surface area (Å²) in [4.78, 5) is 11.4.